The van der Waals surface area contributed by atoms with Gasteiger partial charge in [0.1, 0.15) is 6.54 Å². The lowest BCUT2D eigenvalue weighted by Gasteiger charge is -2.24. The van der Waals surface area contributed by atoms with Crippen LogP contribution in [-0.2, 0) is 25.8 Å². The van der Waals surface area contributed by atoms with Gasteiger partial charge in [0.15, 0.2) is 0 Å². The quantitative estimate of drug-likeness (QED) is 0.755. The number of amides is 2. The summed E-state index contributed by atoms with van der Waals surface area (Å²) in [6, 6.07) is 8.48. The largest absolute Gasteiger partial charge is 0.416 e. The molecule has 0 aromatic heterocycles. The molecule has 3 N–H and O–H groups in total. The molecule has 2 rings (SSSR count). The highest BCUT2D eigenvalue weighted by atomic mass is 32.2. The van der Waals surface area contributed by atoms with Gasteiger partial charge in [-0.2, -0.15) is 13.2 Å². The molecule has 0 aliphatic rings. The maximum absolute atomic E-state index is 13.0. The molecule has 0 spiro atoms. The third-order valence-corrected chi connectivity index (χ3v) is 5.31. The number of nitrogens with one attached hydrogen (secondary N) is 1. The molecule has 2 aromatic carbocycles. The number of nitrogens with zero attached hydrogens (tertiary/aromatic N) is 1. The van der Waals surface area contributed by atoms with Crippen LogP contribution in [0.2, 0.25) is 0 Å². The van der Waals surface area contributed by atoms with E-state index in [-0.39, 0.29) is 16.5 Å². The van der Waals surface area contributed by atoms with Crippen molar-refractivity contribution in [3.05, 3.63) is 54.1 Å². The van der Waals surface area contributed by atoms with Crippen molar-refractivity contribution in [1.29, 1.82) is 0 Å². The molecule has 0 saturated carbocycles. The molecule has 0 radical (unpaired) electrons. The summed E-state index contributed by atoms with van der Waals surface area (Å²) in [5, 5.41) is 2.45. The molecule has 0 unspecified atom stereocenters. The summed E-state index contributed by atoms with van der Waals surface area (Å²) in [7, 11) is -4.40. The minimum Gasteiger partial charge on any atom is -0.368 e. The molecule has 0 bridgehead atoms. The molecule has 2 aromatic rings. The minimum atomic E-state index is -4.70. The first-order valence-electron chi connectivity index (χ1n) is 7.77. The number of alkyl halides is 3. The second kappa shape index (κ2) is 7.89. The molecule has 150 valence electrons. The zero-order valence-corrected chi connectivity index (χ0v) is 15.3. The fourth-order valence-electron chi connectivity index (χ4n) is 2.33. The molecule has 28 heavy (non-hydrogen) atoms. The molecular weight excluding hydrogens is 399 g/mol. The predicted octanol–water partition coefficient (Wildman–Crippen LogP) is 2.34. The Morgan fingerprint density at radius 3 is 2.21 bits per heavy atom. The van der Waals surface area contributed by atoms with Crippen molar-refractivity contribution in [3.63, 3.8) is 0 Å². The topological polar surface area (TPSA) is 110 Å². The minimum absolute atomic E-state index is 0.291. The van der Waals surface area contributed by atoms with Gasteiger partial charge in [0.05, 0.1) is 16.1 Å². The molecule has 0 heterocycles. The highest BCUT2D eigenvalue weighted by Crippen LogP contribution is 2.33. The van der Waals surface area contributed by atoms with E-state index < -0.39 is 34.2 Å². The fraction of sp³-hybridized carbons (Fsp3) is 0.176. The van der Waals surface area contributed by atoms with Crippen LogP contribution < -0.4 is 15.4 Å². The maximum Gasteiger partial charge on any atom is 0.416 e. The normalized spacial score (nSPS) is 11.7. The monoisotopic (exact) mass is 415 g/mol. The third-order valence-electron chi connectivity index (χ3n) is 3.52. The first-order valence-corrected chi connectivity index (χ1v) is 9.21. The van der Waals surface area contributed by atoms with Gasteiger partial charge in [0.25, 0.3) is 10.0 Å². The lowest BCUT2D eigenvalue weighted by Crippen LogP contribution is -2.38. The van der Waals surface area contributed by atoms with Gasteiger partial charge in [-0.3, -0.25) is 13.9 Å². The number of hydrogen-bond donors (Lipinski definition) is 2. The van der Waals surface area contributed by atoms with E-state index in [1.54, 1.807) is 0 Å². The van der Waals surface area contributed by atoms with Crippen molar-refractivity contribution in [3.8, 4) is 0 Å². The summed E-state index contributed by atoms with van der Waals surface area (Å²) < 4.78 is 65.2. The Kier molecular flexibility index (Phi) is 5.98. The summed E-state index contributed by atoms with van der Waals surface area (Å²) in [4.78, 5) is 22.1. The van der Waals surface area contributed by atoms with E-state index in [9.17, 15) is 31.2 Å². The number of rotatable bonds is 6. The van der Waals surface area contributed by atoms with Crippen molar-refractivity contribution in [2.75, 3.05) is 16.2 Å². The maximum atomic E-state index is 13.0. The Balaban J connectivity index is 2.50. The van der Waals surface area contributed by atoms with E-state index >= 15 is 0 Å². The molecule has 0 saturated heterocycles. The lowest BCUT2D eigenvalue weighted by molar-refractivity contribution is -0.137. The average Bonchev–Trinajstić information content (AvgIpc) is 2.59. The van der Waals surface area contributed by atoms with Crippen LogP contribution in [0, 0.1) is 0 Å². The number of sulfonamides is 1. The molecule has 0 aliphatic heterocycles. The van der Waals surface area contributed by atoms with Crippen molar-refractivity contribution in [2.45, 2.75) is 18.0 Å². The van der Waals surface area contributed by atoms with Crippen molar-refractivity contribution in [2.24, 2.45) is 5.73 Å². The van der Waals surface area contributed by atoms with Crippen molar-refractivity contribution >= 4 is 33.2 Å². The van der Waals surface area contributed by atoms with Gasteiger partial charge >= 0.3 is 6.18 Å². The summed E-state index contributed by atoms with van der Waals surface area (Å²) in [5.74, 6) is -1.41. The second-order valence-electron chi connectivity index (χ2n) is 5.73. The van der Waals surface area contributed by atoms with Crippen LogP contribution in [0.25, 0.3) is 0 Å². The SMILES string of the molecule is CC(=O)Nc1ccc(S(=O)(=O)N(CC(N)=O)c2cccc(C(F)(F)F)c2)cc1. The number of halogens is 3. The number of nitrogens with two attached hydrogens (primary N) is 1. The molecule has 0 atom stereocenters. The van der Waals surface area contributed by atoms with E-state index in [1.165, 1.54) is 19.1 Å². The van der Waals surface area contributed by atoms with Gasteiger partial charge in [-0.1, -0.05) is 6.07 Å². The highest BCUT2D eigenvalue weighted by Gasteiger charge is 2.33. The van der Waals surface area contributed by atoms with Gasteiger partial charge in [0.2, 0.25) is 11.8 Å². The molecular formula is C17H16F3N3O4S. The van der Waals surface area contributed by atoms with Crippen molar-refractivity contribution < 1.29 is 31.2 Å². The van der Waals surface area contributed by atoms with Crippen LogP contribution in [0.15, 0.2) is 53.4 Å². The van der Waals surface area contributed by atoms with E-state index in [4.69, 9.17) is 5.73 Å². The van der Waals surface area contributed by atoms with Crippen LogP contribution in [0.3, 0.4) is 0 Å². The van der Waals surface area contributed by atoms with Crippen LogP contribution in [0.5, 0.6) is 0 Å². The van der Waals surface area contributed by atoms with Gasteiger partial charge in [-0.15, -0.1) is 0 Å². The molecule has 0 aliphatic carbocycles. The molecule has 11 heteroatoms. The number of benzene rings is 2. The highest BCUT2D eigenvalue weighted by molar-refractivity contribution is 7.92. The number of carbonyl (C=O) groups excluding carboxylic acids is 2. The van der Waals surface area contributed by atoms with E-state index in [1.807, 2.05) is 0 Å². The smallest absolute Gasteiger partial charge is 0.368 e. The summed E-state index contributed by atoms with van der Waals surface area (Å²) in [6.45, 7) is 0.421. The van der Waals surface area contributed by atoms with E-state index in [0.717, 1.165) is 30.3 Å². The molecule has 7 nitrogen and oxygen atoms in total. The van der Waals surface area contributed by atoms with Crippen LogP contribution >= 0.6 is 0 Å². The zero-order valence-electron chi connectivity index (χ0n) is 14.5. The Bertz CT molecular complexity index is 989. The number of carbonyl (C=O) groups is 2. The Morgan fingerprint density at radius 1 is 1.11 bits per heavy atom. The van der Waals surface area contributed by atoms with Crippen LogP contribution in [0.1, 0.15) is 12.5 Å². The van der Waals surface area contributed by atoms with Gasteiger partial charge < -0.3 is 11.1 Å². The summed E-state index contributed by atoms with van der Waals surface area (Å²) >= 11 is 0. The predicted molar refractivity (Wildman–Crippen MR) is 95.9 cm³/mol. The Hall–Kier alpha value is -3.08. The zero-order chi connectivity index (χ0) is 21.1. The number of hydrogen-bond acceptors (Lipinski definition) is 4. The van der Waals surface area contributed by atoms with E-state index in [2.05, 4.69) is 5.32 Å². The number of anilines is 2. The van der Waals surface area contributed by atoms with Crippen LogP contribution in [0.4, 0.5) is 24.5 Å². The Morgan fingerprint density at radius 2 is 1.71 bits per heavy atom. The average molecular weight is 415 g/mol. The summed E-state index contributed by atoms with van der Waals surface area (Å²) in [5.41, 5.74) is 3.98. The Labute approximate surface area is 159 Å². The standard InChI is InChI=1S/C17H16F3N3O4S/c1-11(24)22-13-5-7-15(8-6-13)28(26,27)23(10-16(21)25)14-4-2-3-12(9-14)17(18,19)20/h2-9H,10H2,1H3,(H2,21,25)(H,22,24). The molecule has 0 fully saturated rings. The van der Waals surface area contributed by atoms with E-state index in [0.29, 0.717) is 16.1 Å². The van der Waals surface area contributed by atoms with Crippen LogP contribution in [-0.4, -0.2) is 26.8 Å². The first kappa shape index (κ1) is 21.2. The first-order chi connectivity index (χ1) is 12.9. The fourth-order valence-corrected chi connectivity index (χ4v) is 3.76. The van der Waals surface area contributed by atoms with Gasteiger partial charge in [-0.25, -0.2) is 8.42 Å². The summed E-state index contributed by atoms with van der Waals surface area (Å²) in [6.07, 6.45) is -4.70. The molecule has 2 amide bonds. The number of primary amides is 1. The van der Waals surface area contributed by atoms with Gasteiger partial charge in [-0.05, 0) is 42.5 Å². The lowest BCUT2D eigenvalue weighted by atomic mass is 10.2. The second-order valence-corrected chi connectivity index (χ2v) is 7.59. The van der Waals surface area contributed by atoms with Gasteiger partial charge in [0, 0.05) is 12.6 Å². The van der Waals surface area contributed by atoms with Crippen molar-refractivity contribution in [1.82, 2.24) is 0 Å². The third kappa shape index (κ3) is 5.00.